The van der Waals surface area contributed by atoms with E-state index in [-0.39, 0.29) is 5.95 Å². The highest BCUT2D eigenvalue weighted by Gasteiger charge is 2.25. The molecule has 21 heavy (non-hydrogen) atoms. The van der Waals surface area contributed by atoms with Crippen LogP contribution in [0.5, 0.6) is 0 Å². The highest BCUT2D eigenvalue weighted by Crippen LogP contribution is 2.30. The Morgan fingerprint density at radius 3 is 2.76 bits per heavy atom. The maximum atomic E-state index is 5.78. The van der Waals surface area contributed by atoms with Gasteiger partial charge in [-0.3, -0.25) is 4.57 Å². The van der Waals surface area contributed by atoms with Gasteiger partial charge < -0.3 is 11.1 Å². The Kier molecular flexibility index (Phi) is 3.72. The predicted molar refractivity (Wildman–Crippen MR) is 81.0 cm³/mol. The minimum Gasteiger partial charge on any atom is -0.368 e. The largest absolute Gasteiger partial charge is 0.368 e. The fourth-order valence-electron chi connectivity index (χ4n) is 2.80. The lowest BCUT2D eigenvalue weighted by atomic mass is 9.79. The molecule has 0 amide bonds. The van der Waals surface area contributed by atoms with E-state index < -0.39 is 0 Å². The van der Waals surface area contributed by atoms with Crippen molar-refractivity contribution in [3.63, 3.8) is 0 Å². The molecule has 0 bridgehead atoms. The van der Waals surface area contributed by atoms with Crippen molar-refractivity contribution in [3.8, 4) is 5.95 Å². The number of rotatable bonds is 3. The molecule has 2 heterocycles. The van der Waals surface area contributed by atoms with Gasteiger partial charge in [0.1, 0.15) is 6.33 Å². The zero-order chi connectivity index (χ0) is 14.8. The quantitative estimate of drug-likeness (QED) is 0.895. The standard InChI is InChI=1S/C14H21N7/c1-9-3-4-11(7-10(9)2)17-13-18-12(15)19-14(20-13)21-6-5-16-8-21/h5-6,8-11H,3-4,7H2,1-2H3,(H3,15,17,18,19,20). The summed E-state index contributed by atoms with van der Waals surface area (Å²) in [6.45, 7) is 4.62. The van der Waals surface area contributed by atoms with Crippen LogP contribution in [0.2, 0.25) is 0 Å². The molecule has 0 aliphatic heterocycles. The number of aromatic nitrogens is 5. The summed E-state index contributed by atoms with van der Waals surface area (Å²) >= 11 is 0. The van der Waals surface area contributed by atoms with Crippen molar-refractivity contribution in [2.45, 2.75) is 39.2 Å². The van der Waals surface area contributed by atoms with Crippen molar-refractivity contribution < 1.29 is 0 Å². The predicted octanol–water partition coefficient (Wildman–Crippen LogP) is 1.88. The molecule has 7 nitrogen and oxygen atoms in total. The van der Waals surface area contributed by atoms with Crippen LogP contribution in [0.1, 0.15) is 33.1 Å². The molecule has 3 atom stereocenters. The van der Waals surface area contributed by atoms with Crippen molar-refractivity contribution in [2.24, 2.45) is 11.8 Å². The summed E-state index contributed by atoms with van der Waals surface area (Å²) in [5.74, 6) is 2.74. The molecular formula is C14H21N7. The van der Waals surface area contributed by atoms with Gasteiger partial charge in [0, 0.05) is 18.4 Å². The van der Waals surface area contributed by atoms with E-state index in [0.717, 1.165) is 18.8 Å². The van der Waals surface area contributed by atoms with Crippen LogP contribution in [0.15, 0.2) is 18.7 Å². The first-order valence-electron chi connectivity index (χ1n) is 7.38. The number of nitrogens with one attached hydrogen (secondary N) is 1. The van der Waals surface area contributed by atoms with Gasteiger partial charge in [-0.1, -0.05) is 13.8 Å². The molecule has 1 fully saturated rings. The lowest BCUT2D eigenvalue weighted by molar-refractivity contribution is 0.260. The highest BCUT2D eigenvalue weighted by atomic mass is 15.3. The average Bonchev–Trinajstić information content (AvgIpc) is 2.96. The smallest absolute Gasteiger partial charge is 0.241 e. The Morgan fingerprint density at radius 1 is 1.19 bits per heavy atom. The van der Waals surface area contributed by atoms with Crippen LogP contribution >= 0.6 is 0 Å². The maximum Gasteiger partial charge on any atom is 0.241 e. The minimum atomic E-state index is 0.216. The molecule has 7 heteroatoms. The Labute approximate surface area is 124 Å². The summed E-state index contributed by atoms with van der Waals surface area (Å²) < 4.78 is 1.72. The van der Waals surface area contributed by atoms with Crippen molar-refractivity contribution >= 4 is 11.9 Å². The van der Waals surface area contributed by atoms with Gasteiger partial charge in [-0.2, -0.15) is 15.0 Å². The summed E-state index contributed by atoms with van der Waals surface area (Å²) in [6.07, 6.45) is 8.60. The van der Waals surface area contributed by atoms with Crippen molar-refractivity contribution in [1.29, 1.82) is 0 Å². The first-order valence-corrected chi connectivity index (χ1v) is 7.38. The number of nitrogens with zero attached hydrogens (tertiary/aromatic N) is 5. The third-order valence-corrected chi connectivity index (χ3v) is 4.31. The molecule has 0 saturated heterocycles. The van der Waals surface area contributed by atoms with Gasteiger partial charge in [0.15, 0.2) is 0 Å². The number of imidazole rings is 1. The van der Waals surface area contributed by atoms with E-state index in [2.05, 4.69) is 39.1 Å². The summed E-state index contributed by atoms with van der Waals surface area (Å²) in [6, 6.07) is 0.397. The Bertz CT molecular complexity index is 595. The van der Waals surface area contributed by atoms with E-state index in [1.165, 1.54) is 6.42 Å². The van der Waals surface area contributed by atoms with Gasteiger partial charge in [-0.25, -0.2) is 4.98 Å². The fraction of sp³-hybridized carbons (Fsp3) is 0.571. The van der Waals surface area contributed by atoms with Crippen LogP contribution in [-0.2, 0) is 0 Å². The lowest BCUT2D eigenvalue weighted by Crippen LogP contribution is -2.31. The van der Waals surface area contributed by atoms with Gasteiger partial charge in [-0.15, -0.1) is 0 Å². The van der Waals surface area contributed by atoms with Crippen LogP contribution < -0.4 is 11.1 Å². The summed E-state index contributed by atoms with van der Waals surface area (Å²) in [4.78, 5) is 16.7. The van der Waals surface area contributed by atoms with E-state index >= 15 is 0 Å². The van der Waals surface area contributed by atoms with Crippen LogP contribution in [0.4, 0.5) is 11.9 Å². The molecule has 1 aliphatic carbocycles. The molecule has 1 aliphatic rings. The maximum absolute atomic E-state index is 5.78. The second kappa shape index (κ2) is 5.67. The molecule has 2 aromatic rings. The zero-order valence-electron chi connectivity index (χ0n) is 12.4. The summed E-state index contributed by atoms with van der Waals surface area (Å²) in [7, 11) is 0. The van der Waals surface area contributed by atoms with E-state index in [1.807, 2.05) is 0 Å². The van der Waals surface area contributed by atoms with Gasteiger partial charge in [0.25, 0.3) is 0 Å². The van der Waals surface area contributed by atoms with Gasteiger partial charge >= 0.3 is 0 Å². The monoisotopic (exact) mass is 287 g/mol. The van der Waals surface area contributed by atoms with Gasteiger partial charge in [0.2, 0.25) is 17.8 Å². The minimum absolute atomic E-state index is 0.216. The van der Waals surface area contributed by atoms with E-state index in [9.17, 15) is 0 Å². The Morgan fingerprint density at radius 2 is 2.05 bits per heavy atom. The van der Waals surface area contributed by atoms with Crippen LogP contribution in [0, 0.1) is 11.8 Å². The number of anilines is 2. The van der Waals surface area contributed by atoms with Crippen LogP contribution in [-0.4, -0.2) is 30.5 Å². The second-order valence-electron chi connectivity index (χ2n) is 5.90. The Hall–Kier alpha value is -2.18. The topological polar surface area (TPSA) is 94.5 Å². The van der Waals surface area contributed by atoms with Crippen LogP contribution in [0.25, 0.3) is 5.95 Å². The SMILES string of the molecule is CC1CCC(Nc2nc(N)nc(-n3ccnc3)n2)CC1C. The van der Waals surface area contributed by atoms with Crippen LogP contribution in [0.3, 0.4) is 0 Å². The highest BCUT2D eigenvalue weighted by molar-refractivity contribution is 5.36. The lowest BCUT2D eigenvalue weighted by Gasteiger charge is -2.32. The molecule has 0 spiro atoms. The van der Waals surface area contributed by atoms with Crippen molar-refractivity contribution in [1.82, 2.24) is 24.5 Å². The normalized spacial score (nSPS) is 25.7. The molecular weight excluding hydrogens is 266 g/mol. The van der Waals surface area contributed by atoms with E-state index in [0.29, 0.717) is 23.9 Å². The summed E-state index contributed by atoms with van der Waals surface area (Å²) in [5.41, 5.74) is 5.78. The molecule has 3 unspecified atom stereocenters. The molecule has 112 valence electrons. The van der Waals surface area contributed by atoms with Crippen molar-refractivity contribution in [2.75, 3.05) is 11.1 Å². The number of hydrogen-bond acceptors (Lipinski definition) is 6. The second-order valence-corrected chi connectivity index (χ2v) is 5.90. The van der Waals surface area contributed by atoms with E-state index in [4.69, 9.17) is 5.73 Å². The first-order chi connectivity index (χ1) is 10.1. The van der Waals surface area contributed by atoms with E-state index in [1.54, 1.807) is 23.3 Å². The Balaban J connectivity index is 1.77. The molecule has 3 rings (SSSR count). The third kappa shape index (κ3) is 3.12. The molecule has 3 N–H and O–H groups in total. The first kappa shape index (κ1) is 13.8. The molecule has 1 saturated carbocycles. The van der Waals surface area contributed by atoms with Gasteiger partial charge in [-0.05, 0) is 31.1 Å². The molecule has 0 radical (unpaired) electrons. The number of nitrogens with two attached hydrogens (primary N) is 1. The van der Waals surface area contributed by atoms with Gasteiger partial charge in [0.05, 0.1) is 0 Å². The fourth-order valence-corrected chi connectivity index (χ4v) is 2.80. The van der Waals surface area contributed by atoms with Crippen molar-refractivity contribution in [3.05, 3.63) is 18.7 Å². The zero-order valence-corrected chi connectivity index (χ0v) is 12.4. The number of nitrogen functional groups attached to an aromatic ring is 1. The third-order valence-electron chi connectivity index (χ3n) is 4.31. The molecule has 2 aromatic heterocycles. The molecule has 0 aromatic carbocycles. The number of hydrogen-bond donors (Lipinski definition) is 2. The average molecular weight is 287 g/mol. The summed E-state index contributed by atoms with van der Waals surface area (Å²) in [5, 5.41) is 3.40.